The number of amidine groups is 1. The second kappa shape index (κ2) is 6.07. The molecule has 1 aliphatic heterocycles. The van der Waals surface area contributed by atoms with Crippen LogP contribution in [0.1, 0.15) is 31.2 Å². The lowest BCUT2D eigenvalue weighted by Gasteiger charge is -2.20. The van der Waals surface area contributed by atoms with Crippen LogP contribution in [0.4, 0.5) is 10.6 Å². The lowest BCUT2D eigenvalue weighted by molar-refractivity contribution is 0.213. The molecule has 0 aromatic carbocycles. The van der Waals surface area contributed by atoms with Gasteiger partial charge in [0.25, 0.3) is 0 Å². The lowest BCUT2D eigenvalue weighted by atomic mass is 10.2. The summed E-state index contributed by atoms with van der Waals surface area (Å²) in [5, 5.41) is 20.6. The van der Waals surface area contributed by atoms with Crippen LogP contribution in [0.15, 0.2) is 11.4 Å². The van der Waals surface area contributed by atoms with Crippen molar-refractivity contribution in [3.05, 3.63) is 11.8 Å². The van der Waals surface area contributed by atoms with Gasteiger partial charge in [0.05, 0.1) is 11.8 Å². The molecule has 104 valence electrons. The number of nitrogens with two attached hydrogens (primary N) is 1. The van der Waals surface area contributed by atoms with E-state index in [2.05, 4.69) is 20.7 Å². The van der Waals surface area contributed by atoms with Crippen molar-refractivity contribution < 1.29 is 10.0 Å². The van der Waals surface area contributed by atoms with E-state index in [4.69, 9.17) is 10.9 Å². The molecule has 1 fully saturated rings. The molecule has 0 atom stereocenters. The van der Waals surface area contributed by atoms with Crippen molar-refractivity contribution in [1.29, 1.82) is 0 Å². The highest BCUT2D eigenvalue weighted by Gasteiger charge is 2.18. The van der Waals surface area contributed by atoms with Gasteiger partial charge >= 0.3 is 6.03 Å². The summed E-state index contributed by atoms with van der Waals surface area (Å²) in [4.78, 5) is 13.9. The predicted molar refractivity (Wildman–Crippen MR) is 70.2 cm³/mol. The zero-order valence-corrected chi connectivity index (χ0v) is 10.6. The molecule has 0 bridgehead atoms. The summed E-state index contributed by atoms with van der Waals surface area (Å²) in [5.74, 6) is 0.240. The highest BCUT2D eigenvalue weighted by Crippen LogP contribution is 2.14. The number of rotatable bonds is 2. The predicted octanol–water partition coefficient (Wildman–Crippen LogP) is 0.912. The van der Waals surface area contributed by atoms with Crippen molar-refractivity contribution in [3.63, 3.8) is 0 Å². The largest absolute Gasteiger partial charge is 0.409 e. The van der Waals surface area contributed by atoms with Crippen LogP contribution < -0.4 is 11.1 Å². The van der Waals surface area contributed by atoms with Gasteiger partial charge in [-0.1, -0.05) is 18.0 Å². The Balaban J connectivity index is 2.04. The number of carbonyl (C=O) groups is 1. The third-order valence-electron chi connectivity index (χ3n) is 3.15. The van der Waals surface area contributed by atoms with Gasteiger partial charge in [0.1, 0.15) is 5.82 Å². The number of anilines is 1. The topological polar surface area (TPSA) is 120 Å². The number of H-pyrrole nitrogens is 1. The molecule has 1 aromatic rings. The van der Waals surface area contributed by atoms with Crippen molar-refractivity contribution in [2.75, 3.05) is 18.4 Å². The van der Waals surface area contributed by atoms with E-state index in [1.54, 1.807) is 4.90 Å². The summed E-state index contributed by atoms with van der Waals surface area (Å²) < 4.78 is 0. The van der Waals surface area contributed by atoms with E-state index >= 15 is 0 Å². The molecule has 0 saturated carbocycles. The van der Waals surface area contributed by atoms with Crippen molar-refractivity contribution in [3.8, 4) is 0 Å². The molecule has 1 aromatic heterocycles. The minimum absolute atomic E-state index is 0.0973. The van der Waals surface area contributed by atoms with Gasteiger partial charge in [0.15, 0.2) is 5.84 Å². The molecule has 8 heteroatoms. The Morgan fingerprint density at radius 3 is 2.74 bits per heavy atom. The van der Waals surface area contributed by atoms with E-state index in [0.29, 0.717) is 11.4 Å². The van der Waals surface area contributed by atoms with E-state index in [-0.39, 0.29) is 11.9 Å². The van der Waals surface area contributed by atoms with E-state index in [1.807, 2.05) is 0 Å². The Morgan fingerprint density at radius 2 is 2.11 bits per heavy atom. The monoisotopic (exact) mass is 266 g/mol. The van der Waals surface area contributed by atoms with Gasteiger partial charge in [-0.15, -0.1) is 0 Å². The van der Waals surface area contributed by atoms with Gasteiger partial charge < -0.3 is 15.8 Å². The third kappa shape index (κ3) is 3.15. The molecule has 5 N–H and O–H groups in total. The van der Waals surface area contributed by atoms with E-state index in [1.165, 1.54) is 6.20 Å². The Hall–Kier alpha value is -2.25. The molecule has 0 unspecified atom stereocenters. The average Bonchev–Trinajstić information content (AvgIpc) is 2.71. The average molecular weight is 266 g/mol. The second-order valence-electron chi connectivity index (χ2n) is 4.48. The fourth-order valence-electron chi connectivity index (χ4n) is 2.09. The van der Waals surface area contributed by atoms with Gasteiger partial charge in [0.2, 0.25) is 0 Å². The van der Waals surface area contributed by atoms with Crippen LogP contribution in [0.2, 0.25) is 0 Å². The van der Waals surface area contributed by atoms with E-state index in [0.717, 1.165) is 38.8 Å². The van der Waals surface area contributed by atoms with Crippen LogP contribution in [0, 0.1) is 0 Å². The number of hydrogen-bond donors (Lipinski definition) is 4. The number of nitrogens with one attached hydrogen (secondary N) is 2. The molecule has 2 rings (SSSR count). The number of aromatic nitrogens is 2. The number of likely N-dealkylation sites (tertiary alicyclic amines) is 1. The number of carbonyl (C=O) groups excluding carboxylic acids is 1. The van der Waals surface area contributed by atoms with Crippen molar-refractivity contribution in [2.45, 2.75) is 25.7 Å². The number of amides is 2. The van der Waals surface area contributed by atoms with Crippen LogP contribution in [0.5, 0.6) is 0 Å². The van der Waals surface area contributed by atoms with E-state index < -0.39 is 0 Å². The fourth-order valence-corrected chi connectivity index (χ4v) is 2.09. The summed E-state index contributed by atoms with van der Waals surface area (Å²) in [6.45, 7) is 1.50. The molecule has 2 amide bonds. The molecule has 1 aliphatic rings. The zero-order chi connectivity index (χ0) is 13.7. The Bertz CT molecular complexity index is 462. The van der Waals surface area contributed by atoms with Gasteiger partial charge in [-0.25, -0.2) is 4.79 Å². The highest BCUT2D eigenvalue weighted by molar-refractivity contribution is 6.04. The fraction of sp³-hybridized carbons (Fsp3) is 0.545. The maximum absolute atomic E-state index is 12.1. The van der Waals surface area contributed by atoms with Gasteiger partial charge in [-0.05, 0) is 12.8 Å². The molecule has 1 saturated heterocycles. The summed E-state index contributed by atoms with van der Waals surface area (Å²) in [6, 6.07) is -0.196. The first kappa shape index (κ1) is 13.2. The molecule has 0 radical (unpaired) electrons. The van der Waals surface area contributed by atoms with Crippen molar-refractivity contribution in [1.82, 2.24) is 15.1 Å². The first-order chi connectivity index (χ1) is 9.22. The van der Waals surface area contributed by atoms with E-state index in [9.17, 15) is 4.79 Å². The summed E-state index contributed by atoms with van der Waals surface area (Å²) in [5.41, 5.74) is 5.86. The van der Waals surface area contributed by atoms with Gasteiger partial charge in [-0.2, -0.15) is 5.10 Å². The summed E-state index contributed by atoms with van der Waals surface area (Å²) in [6.07, 6.45) is 5.74. The minimum atomic E-state index is -0.196. The molecule has 8 nitrogen and oxygen atoms in total. The normalized spacial score (nSPS) is 17.1. The van der Waals surface area contributed by atoms with Crippen molar-refractivity contribution in [2.24, 2.45) is 10.9 Å². The van der Waals surface area contributed by atoms with Crippen molar-refractivity contribution >= 4 is 17.7 Å². The zero-order valence-electron chi connectivity index (χ0n) is 10.6. The quantitative estimate of drug-likeness (QED) is 0.275. The summed E-state index contributed by atoms with van der Waals surface area (Å²) >= 11 is 0. The maximum atomic E-state index is 12.1. The van der Waals surface area contributed by atoms with Crippen LogP contribution in [-0.2, 0) is 0 Å². The smallest absolute Gasteiger partial charge is 0.323 e. The molecular formula is C11H18N6O2. The first-order valence-corrected chi connectivity index (χ1v) is 6.29. The molecular weight excluding hydrogens is 248 g/mol. The second-order valence-corrected chi connectivity index (χ2v) is 4.48. The van der Waals surface area contributed by atoms with Gasteiger partial charge in [-0.3, -0.25) is 10.4 Å². The number of oxime groups is 1. The maximum Gasteiger partial charge on any atom is 0.323 e. The molecule has 0 spiro atoms. The van der Waals surface area contributed by atoms with Gasteiger partial charge in [0, 0.05) is 13.1 Å². The van der Waals surface area contributed by atoms with Crippen LogP contribution >= 0.6 is 0 Å². The molecule has 19 heavy (non-hydrogen) atoms. The SMILES string of the molecule is NC(=NO)c1cn[nH]c1NC(=O)N1CCCCCC1. The molecule has 0 aliphatic carbocycles. The van der Waals surface area contributed by atoms with Crippen LogP contribution in [-0.4, -0.2) is 45.3 Å². The number of aromatic amines is 1. The highest BCUT2D eigenvalue weighted by atomic mass is 16.4. The Kier molecular flexibility index (Phi) is 4.22. The Labute approximate surface area is 110 Å². The van der Waals surface area contributed by atoms with Crippen LogP contribution in [0.3, 0.4) is 0 Å². The molecule has 2 heterocycles. The summed E-state index contributed by atoms with van der Waals surface area (Å²) in [7, 11) is 0. The minimum Gasteiger partial charge on any atom is -0.409 e. The first-order valence-electron chi connectivity index (χ1n) is 6.29. The third-order valence-corrected chi connectivity index (χ3v) is 3.15. The standard InChI is InChI=1S/C11H18N6O2/c12-9(16-19)8-7-13-15-10(8)14-11(18)17-5-3-1-2-4-6-17/h7,19H,1-6H2,(H2,12,16)(H2,13,14,15,18). The number of hydrogen-bond acceptors (Lipinski definition) is 4. The number of urea groups is 1. The number of nitrogens with zero attached hydrogens (tertiary/aromatic N) is 3. The van der Waals surface area contributed by atoms with Crippen LogP contribution in [0.25, 0.3) is 0 Å². The Morgan fingerprint density at radius 1 is 1.42 bits per heavy atom. The lowest BCUT2D eigenvalue weighted by Crippen LogP contribution is -2.36.